The Hall–Kier alpha value is -1.49. The van der Waals surface area contributed by atoms with E-state index in [1.807, 2.05) is 4.90 Å². The smallest absolute Gasteiger partial charge is 0.272 e. The second-order valence-electron chi connectivity index (χ2n) is 5.12. The number of rotatable bonds is 1. The lowest BCUT2D eigenvalue weighted by atomic mass is 9.93. The summed E-state index contributed by atoms with van der Waals surface area (Å²) in [5, 5.41) is 0. The molecule has 3 rings (SSSR count). The van der Waals surface area contributed by atoms with Gasteiger partial charge in [-0.2, -0.15) is 0 Å². The molecule has 1 aromatic rings. The molecule has 96 valence electrons. The number of nitrogens with zero attached hydrogens (tertiary/aromatic N) is 3. The third-order valence-electron chi connectivity index (χ3n) is 3.79. The van der Waals surface area contributed by atoms with E-state index < -0.39 is 0 Å². The molecule has 2 fully saturated rings. The summed E-state index contributed by atoms with van der Waals surface area (Å²) in [7, 11) is 0. The molecule has 0 aromatic carbocycles. The monoisotopic (exact) mass is 247 g/mol. The maximum absolute atomic E-state index is 12.3. The average molecular weight is 247 g/mol. The zero-order chi connectivity index (χ0) is 12.5. The number of ether oxygens (including phenoxy) is 1. The van der Waals surface area contributed by atoms with E-state index in [9.17, 15) is 4.79 Å². The van der Waals surface area contributed by atoms with Gasteiger partial charge in [-0.1, -0.05) is 0 Å². The Balaban J connectivity index is 1.70. The molecule has 2 aliphatic rings. The fourth-order valence-corrected chi connectivity index (χ4v) is 2.96. The summed E-state index contributed by atoms with van der Waals surface area (Å²) in [4.78, 5) is 22.0. The van der Waals surface area contributed by atoms with Crippen molar-refractivity contribution in [2.24, 2.45) is 5.92 Å². The fourth-order valence-electron chi connectivity index (χ4n) is 2.96. The molecule has 0 spiro atoms. The molecule has 0 saturated carbocycles. The molecule has 3 atom stereocenters. The van der Waals surface area contributed by atoms with Crippen molar-refractivity contribution < 1.29 is 9.53 Å². The van der Waals surface area contributed by atoms with Gasteiger partial charge in [0.1, 0.15) is 12.0 Å². The minimum absolute atomic E-state index is 0.00963. The molecule has 0 bridgehead atoms. The normalized spacial score (nSPS) is 31.2. The number of piperidine rings is 1. The van der Waals surface area contributed by atoms with Crippen molar-refractivity contribution in [3.05, 3.63) is 24.3 Å². The molecule has 0 N–H and O–H groups in total. The summed E-state index contributed by atoms with van der Waals surface area (Å²) in [6.07, 6.45) is 5.68. The molecule has 5 nitrogen and oxygen atoms in total. The maximum atomic E-state index is 12.3. The van der Waals surface area contributed by atoms with Crippen molar-refractivity contribution in [1.82, 2.24) is 14.9 Å². The van der Waals surface area contributed by atoms with Gasteiger partial charge >= 0.3 is 0 Å². The molecule has 2 saturated heterocycles. The van der Waals surface area contributed by atoms with E-state index in [1.165, 1.54) is 6.33 Å². The van der Waals surface area contributed by atoms with Gasteiger partial charge in [0.25, 0.3) is 5.91 Å². The Kier molecular flexibility index (Phi) is 2.99. The summed E-state index contributed by atoms with van der Waals surface area (Å²) in [6.45, 7) is 3.66. The molecule has 5 heteroatoms. The largest absolute Gasteiger partial charge is 0.375 e. The Morgan fingerprint density at radius 1 is 1.56 bits per heavy atom. The molecule has 0 radical (unpaired) electrons. The van der Waals surface area contributed by atoms with Crippen molar-refractivity contribution in [3.8, 4) is 0 Å². The van der Waals surface area contributed by atoms with Gasteiger partial charge in [-0.25, -0.2) is 9.97 Å². The van der Waals surface area contributed by atoms with Gasteiger partial charge in [-0.05, 0) is 25.8 Å². The van der Waals surface area contributed by atoms with Crippen LogP contribution in [0.5, 0.6) is 0 Å². The van der Waals surface area contributed by atoms with Crippen molar-refractivity contribution in [2.45, 2.75) is 32.0 Å². The second-order valence-corrected chi connectivity index (χ2v) is 5.12. The first kappa shape index (κ1) is 11.6. The highest BCUT2D eigenvalue weighted by molar-refractivity contribution is 5.92. The summed E-state index contributed by atoms with van der Waals surface area (Å²) in [5.74, 6) is 0.495. The van der Waals surface area contributed by atoms with Crippen LogP contribution in [0.15, 0.2) is 18.6 Å². The Morgan fingerprint density at radius 3 is 3.22 bits per heavy atom. The first-order valence-corrected chi connectivity index (χ1v) is 6.45. The Morgan fingerprint density at radius 2 is 2.44 bits per heavy atom. The molecule has 2 aliphatic heterocycles. The molecule has 1 amide bonds. The van der Waals surface area contributed by atoms with Crippen LogP contribution in [-0.4, -0.2) is 46.1 Å². The minimum atomic E-state index is 0.00963. The van der Waals surface area contributed by atoms with Gasteiger partial charge < -0.3 is 9.64 Å². The van der Waals surface area contributed by atoms with Crippen LogP contribution in [0.4, 0.5) is 0 Å². The van der Waals surface area contributed by atoms with Gasteiger partial charge in [0.2, 0.25) is 0 Å². The summed E-state index contributed by atoms with van der Waals surface area (Å²) >= 11 is 0. The number of carbonyl (C=O) groups is 1. The summed E-state index contributed by atoms with van der Waals surface area (Å²) in [6, 6.07) is 1.67. The number of carbonyl (C=O) groups excluding carboxylic acids is 1. The molecule has 0 unspecified atom stereocenters. The lowest BCUT2D eigenvalue weighted by Gasteiger charge is -2.33. The van der Waals surface area contributed by atoms with E-state index in [4.69, 9.17) is 4.74 Å². The van der Waals surface area contributed by atoms with Crippen LogP contribution in [0.2, 0.25) is 0 Å². The Bertz CT molecular complexity index is 437. The topological polar surface area (TPSA) is 55.3 Å². The second kappa shape index (κ2) is 4.65. The van der Waals surface area contributed by atoms with Gasteiger partial charge in [0.15, 0.2) is 0 Å². The van der Waals surface area contributed by atoms with Crippen LogP contribution in [0.1, 0.15) is 30.3 Å². The standard InChI is InChI=1S/C13H17N3O2/c1-9-6-10-7-16(5-3-12(10)18-9)13(17)11-2-4-14-8-15-11/h2,4,8-10,12H,3,5-7H2,1H3/t9-,10-,12-/m1/s1. The average Bonchev–Trinajstić information content (AvgIpc) is 2.78. The predicted molar refractivity (Wildman–Crippen MR) is 65.0 cm³/mol. The van der Waals surface area contributed by atoms with Crippen LogP contribution >= 0.6 is 0 Å². The van der Waals surface area contributed by atoms with Gasteiger partial charge in [-0.3, -0.25) is 4.79 Å². The van der Waals surface area contributed by atoms with E-state index in [-0.39, 0.29) is 5.91 Å². The SMILES string of the molecule is C[C@@H]1C[C@@H]2CN(C(=O)c3ccncn3)CC[C@H]2O1. The lowest BCUT2D eigenvalue weighted by molar-refractivity contribution is 0.00849. The quantitative estimate of drug-likeness (QED) is 0.746. The summed E-state index contributed by atoms with van der Waals surface area (Å²) in [5.41, 5.74) is 0.482. The summed E-state index contributed by atoms with van der Waals surface area (Å²) < 4.78 is 5.84. The third kappa shape index (κ3) is 2.10. The highest BCUT2D eigenvalue weighted by Crippen LogP contribution is 2.32. The number of amides is 1. The first-order valence-electron chi connectivity index (χ1n) is 6.45. The molecule has 3 heterocycles. The van der Waals surface area contributed by atoms with Gasteiger partial charge in [-0.15, -0.1) is 0 Å². The van der Waals surface area contributed by atoms with Gasteiger partial charge in [0, 0.05) is 25.2 Å². The number of fused-ring (bicyclic) bond motifs is 1. The molecule has 0 aliphatic carbocycles. The van der Waals surface area contributed by atoms with Crippen LogP contribution in [0.3, 0.4) is 0 Å². The van der Waals surface area contributed by atoms with Crippen molar-refractivity contribution in [3.63, 3.8) is 0 Å². The van der Waals surface area contributed by atoms with Crippen LogP contribution < -0.4 is 0 Å². The first-order chi connectivity index (χ1) is 8.74. The highest BCUT2D eigenvalue weighted by atomic mass is 16.5. The molecule has 1 aromatic heterocycles. The van der Waals surface area contributed by atoms with Crippen molar-refractivity contribution >= 4 is 5.91 Å². The maximum Gasteiger partial charge on any atom is 0.272 e. The van der Waals surface area contributed by atoms with Crippen LogP contribution in [0.25, 0.3) is 0 Å². The minimum Gasteiger partial charge on any atom is -0.375 e. The van der Waals surface area contributed by atoms with Crippen molar-refractivity contribution in [2.75, 3.05) is 13.1 Å². The fraction of sp³-hybridized carbons (Fsp3) is 0.615. The number of aromatic nitrogens is 2. The van der Waals surface area contributed by atoms with Crippen molar-refractivity contribution in [1.29, 1.82) is 0 Å². The molecular formula is C13H17N3O2. The number of hydrogen-bond acceptors (Lipinski definition) is 4. The highest BCUT2D eigenvalue weighted by Gasteiger charge is 2.38. The predicted octanol–water partition coefficient (Wildman–Crippen LogP) is 1.12. The van der Waals surface area contributed by atoms with E-state index in [0.29, 0.717) is 23.8 Å². The lowest BCUT2D eigenvalue weighted by Crippen LogP contribution is -2.44. The third-order valence-corrected chi connectivity index (χ3v) is 3.79. The van der Waals surface area contributed by atoms with Gasteiger partial charge in [0.05, 0.1) is 12.2 Å². The van der Waals surface area contributed by atoms with E-state index in [0.717, 1.165) is 25.9 Å². The molecule has 18 heavy (non-hydrogen) atoms. The van der Waals surface area contributed by atoms with E-state index in [1.54, 1.807) is 12.3 Å². The number of likely N-dealkylation sites (tertiary alicyclic amines) is 1. The van der Waals surface area contributed by atoms with Crippen LogP contribution in [0, 0.1) is 5.92 Å². The van der Waals surface area contributed by atoms with E-state index >= 15 is 0 Å². The van der Waals surface area contributed by atoms with E-state index in [2.05, 4.69) is 16.9 Å². The number of hydrogen-bond donors (Lipinski definition) is 0. The zero-order valence-corrected chi connectivity index (χ0v) is 10.5. The Labute approximate surface area is 106 Å². The zero-order valence-electron chi connectivity index (χ0n) is 10.5. The molecular weight excluding hydrogens is 230 g/mol. The van der Waals surface area contributed by atoms with Crippen LogP contribution in [-0.2, 0) is 4.74 Å².